The van der Waals surface area contributed by atoms with Gasteiger partial charge in [0, 0.05) is 56.9 Å². The van der Waals surface area contributed by atoms with Gasteiger partial charge in [0.1, 0.15) is 18.4 Å². The number of piperidine rings is 2. The number of ether oxygens (including phenoxy) is 2. The first-order valence-electron chi connectivity index (χ1n) is 20.3. The lowest BCUT2D eigenvalue weighted by atomic mass is 9.85. The van der Waals surface area contributed by atoms with Crippen LogP contribution in [-0.2, 0) is 21.4 Å². The number of imidazole rings is 2. The third-order valence-electron chi connectivity index (χ3n) is 12.1. The number of aromatic nitrogens is 7. The molecular formula is C43H46N10O6. The number of methoxy groups -OCH3 is 1. The highest BCUT2D eigenvalue weighted by Gasteiger charge is 2.32. The van der Waals surface area contributed by atoms with Gasteiger partial charge in [0.05, 0.1) is 53.1 Å². The lowest BCUT2D eigenvalue weighted by Gasteiger charge is -2.36. The summed E-state index contributed by atoms with van der Waals surface area (Å²) in [5.41, 5.74) is 3.50. The molecule has 0 bridgehead atoms. The zero-order chi connectivity index (χ0) is 40.6. The number of benzene rings is 2. The minimum absolute atomic E-state index is 0.145. The average Bonchev–Trinajstić information content (AvgIpc) is 3.93. The number of para-hydroxylation sites is 1. The Morgan fingerprint density at radius 2 is 1.85 bits per heavy atom. The van der Waals surface area contributed by atoms with Gasteiger partial charge < -0.3 is 19.7 Å². The molecular weight excluding hydrogens is 753 g/mol. The number of imide groups is 1. The number of hydrogen-bond donors (Lipinski definition) is 2. The molecule has 1 aliphatic carbocycles. The Balaban J connectivity index is 0.752. The van der Waals surface area contributed by atoms with Crippen LogP contribution in [0.5, 0.6) is 5.75 Å². The second-order valence-corrected chi connectivity index (χ2v) is 15.8. The first-order chi connectivity index (χ1) is 28.7. The molecule has 2 aromatic carbocycles. The first-order valence-corrected chi connectivity index (χ1v) is 20.3. The predicted octanol–water partition coefficient (Wildman–Crippen LogP) is 4.24. The third-order valence-corrected chi connectivity index (χ3v) is 12.1. The summed E-state index contributed by atoms with van der Waals surface area (Å²) in [6.45, 7) is 3.35. The molecule has 4 aromatic heterocycles. The summed E-state index contributed by atoms with van der Waals surface area (Å²) >= 11 is 0. The number of amides is 3. The van der Waals surface area contributed by atoms with Crippen LogP contribution in [0.4, 0.5) is 5.82 Å². The molecule has 16 heteroatoms. The van der Waals surface area contributed by atoms with E-state index in [9.17, 15) is 19.2 Å². The molecule has 0 radical (unpaired) electrons. The van der Waals surface area contributed by atoms with Crippen molar-refractivity contribution in [2.24, 2.45) is 13.0 Å². The normalized spacial score (nSPS) is 20.5. The van der Waals surface area contributed by atoms with Crippen molar-refractivity contribution in [1.82, 2.24) is 43.7 Å². The van der Waals surface area contributed by atoms with E-state index in [0.717, 1.165) is 69.1 Å². The molecule has 304 valence electrons. The molecule has 9 rings (SSSR count). The number of carbonyl (C=O) groups excluding carboxylic acids is 3. The fraction of sp³-hybridized carbons (Fsp3) is 0.419. The molecule has 2 N–H and O–H groups in total. The Morgan fingerprint density at radius 3 is 2.64 bits per heavy atom. The number of fused-ring (bicyclic) bond motifs is 3. The number of nitrogens with one attached hydrogen (secondary N) is 2. The number of carbonyl (C=O) groups is 3. The molecule has 2 saturated heterocycles. The summed E-state index contributed by atoms with van der Waals surface area (Å²) in [6, 6.07) is 12.4. The summed E-state index contributed by atoms with van der Waals surface area (Å²) in [6.07, 6.45) is 12.2. The van der Waals surface area contributed by atoms with Crippen molar-refractivity contribution in [3.05, 3.63) is 82.7 Å². The van der Waals surface area contributed by atoms with Crippen molar-refractivity contribution in [1.29, 1.82) is 0 Å². The molecule has 59 heavy (non-hydrogen) atoms. The smallest absolute Gasteiger partial charge is 0.329 e. The second-order valence-electron chi connectivity index (χ2n) is 15.8. The van der Waals surface area contributed by atoms with E-state index in [1.165, 1.54) is 9.13 Å². The fourth-order valence-corrected chi connectivity index (χ4v) is 8.98. The molecule has 3 aliphatic rings. The van der Waals surface area contributed by atoms with E-state index in [4.69, 9.17) is 14.6 Å². The molecule has 3 fully saturated rings. The van der Waals surface area contributed by atoms with E-state index in [1.54, 1.807) is 37.1 Å². The number of anilines is 1. The van der Waals surface area contributed by atoms with Crippen LogP contribution in [0.15, 0.2) is 65.8 Å². The minimum Gasteiger partial charge on any atom is -0.496 e. The number of aryl methyl sites for hydroxylation is 1. The zero-order valence-corrected chi connectivity index (χ0v) is 33.1. The predicted molar refractivity (Wildman–Crippen MR) is 219 cm³/mol. The van der Waals surface area contributed by atoms with Crippen LogP contribution >= 0.6 is 0 Å². The van der Waals surface area contributed by atoms with Crippen molar-refractivity contribution in [3.63, 3.8) is 0 Å². The van der Waals surface area contributed by atoms with E-state index >= 15 is 0 Å². The minimum atomic E-state index is -0.738. The van der Waals surface area contributed by atoms with Gasteiger partial charge in [0.2, 0.25) is 11.8 Å². The van der Waals surface area contributed by atoms with E-state index < -0.39 is 11.9 Å². The number of likely N-dealkylation sites (tertiary alicyclic amines) is 1. The molecule has 1 saturated carbocycles. The Hall–Kier alpha value is -6.31. The lowest BCUT2D eigenvalue weighted by molar-refractivity contribution is -0.135. The molecule has 0 spiro atoms. The maximum absolute atomic E-state index is 13.4. The van der Waals surface area contributed by atoms with E-state index in [0.29, 0.717) is 51.3 Å². The van der Waals surface area contributed by atoms with Gasteiger partial charge in [-0.05, 0) is 81.2 Å². The van der Waals surface area contributed by atoms with Gasteiger partial charge in [0.25, 0.3) is 5.91 Å². The third kappa shape index (κ3) is 7.59. The number of rotatable bonds is 9. The highest BCUT2D eigenvalue weighted by atomic mass is 16.5. The van der Waals surface area contributed by atoms with Crippen molar-refractivity contribution in [3.8, 4) is 17.6 Å². The summed E-state index contributed by atoms with van der Waals surface area (Å²) in [4.78, 5) is 57.8. The Labute approximate surface area is 339 Å². The van der Waals surface area contributed by atoms with Crippen LogP contribution in [0.1, 0.15) is 79.4 Å². The van der Waals surface area contributed by atoms with Gasteiger partial charge in [-0.3, -0.25) is 33.5 Å². The van der Waals surface area contributed by atoms with Gasteiger partial charge in [-0.2, -0.15) is 14.7 Å². The van der Waals surface area contributed by atoms with Gasteiger partial charge in [-0.15, -0.1) is 0 Å². The van der Waals surface area contributed by atoms with Gasteiger partial charge >= 0.3 is 5.69 Å². The van der Waals surface area contributed by atoms with Crippen LogP contribution < -0.4 is 21.1 Å². The van der Waals surface area contributed by atoms with Gasteiger partial charge in [-0.25, -0.2) is 9.78 Å². The Kier molecular flexibility index (Phi) is 10.5. The molecule has 16 nitrogen and oxygen atoms in total. The van der Waals surface area contributed by atoms with Gasteiger partial charge in [-0.1, -0.05) is 17.9 Å². The topological polar surface area (TPSA) is 172 Å². The standard InChI is InChI=1S/C43H46N10O6/c1-49-40-28(6-3-8-34(40)52(43(49)57)35-14-15-39(54)47-42(35)56)7-5-21-59-31-16-19-50(20-17-31)25-27-10-12-30(13-11-27)51-26-29-22-32(36(58-2)23-33(29)48-51)41(55)46-38-24-44-37-9-4-18-45-53(37)38/h3-4,6,8-9,18,22-24,26-27,30-31,35H,10-17,19-21,25H2,1-2H3,(H,46,55)(H,47,54,56). The average molecular weight is 799 g/mol. The second kappa shape index (κ2) is 16.1. The summed E-state index contributed by atoms with van der Waals surface area (Å²) in [5, 5.41) is 15.4. The van der Waals surface area contributed by atoms with Gasteiger partial charge in [0.15, 0.2) is 11.5 Å². The Morgan fingerprint density at radius 1 is 1.02 bits per heavy atom. The SMILES string of the molecule is COc1cc2nn(C3CCC(CN4CCC(OCC#Cc5cccc6c5n(C)c(=O)n6C5CCC(=O)NC5=O)CC4)CC3)cc2cc1C(=O)Nc1cnc2cccnn12. The maximum Gasteiger partial charge on any atom is 0.329 e. The van der Waals surface area contributed by atoms with Crippen LogP contribution in [0.2, 0.25) is 0 Å². The zero-order valence-electron chi connectivity index (χ0n) is 33.1. The lowest BCUT2D eigenvalue weighted by Crippen LogP contribution is -2.44. The van der Waals surface area contributed by atoms with Crippen LogP contribution in [0, 0.1) is 17.8 Å². The molecule has 1 atom stereocenters. The van der Waals surface area contributed by atoms with Crippen molar-refractivity contribution < 1.29 is 23.9 Å². The largest absolute Gasteiger partial charge is 0.496 e. The number of nitrogens with zero attached hydrogens (tertiary/aromatic N) is 8. The maximum atomic E-state index is 13.4. The van der Waals surface area contributed by atoms with E-state index in [2.05, 4.69) is 42.1 Å². The summed E-state index contributed by atoms with van der Waals surface area (Å²) < 4.78 is 18.5. The highest BCUT2D eigenvalue weighted by molar-refractivity contribution is 6.08. The monoisotopic (exact) mass is 798 g/mol. The van der Waals surface area contributed by atoms with Crippen molar-refractivity contribution in [2.45, 2.75) is 69.6 Å². The quantitative estimate of drug-likeness (QED) is 0.159. The van der Waals surface area contributed by atoms with Crippen molar-refractivity contribution in [2.75, 3.05) is 38.7 Å². The number of hydrogen-bond acceptors (Lipinski definition) is 10. The molecule has 1 unspecified atom stereocenters. The highest BCUT2D eigenvalue weighted by Crippen LogP contribution is 2.35. The van der Waals surface area contributed by atoms with Crippen LogP contribution in [0.3, 0.4) is 0 Å². The summed E-state index contributed by atoms with van der Waals surface area (Å²) in [5.74, 6) is 6.82. The van der Waals surface area contributed by atoms with Crippen LogP contribution in [0.25, 0.3) is 27.6 Å². The Bertz CT molecular complexity index is 2700. The molecule has 6 aromatic rings. The molecule has 3 amide bonds. The molecule has 2 aliphatic heterocycles. The molecule has 6 heterocycles. The van der Waals surface area contributed by atoms with E-state index in [-0.39, 0.29) is 43.1 Å². The first kappa shape index (κ1) is 38.2. The fourth-order valence-electron chi connectivity index (χ4n) is 8.98. The van der Waals surface area contributed by atoms with Crippen LogP contribution in [-0.4, -0.2) is 95.6 Å². The van der Waals surface area contributed by atoms with E-state index in [1.807, 2.05) is 42.6 Å². The summed E-state index contributed by atoms with van der Waals surface area (Å²) in [7, 11) is 3.23. The van der Waals surface area contributed by atoms with Crippen molar-refractivity contribution >= 4 is 51.1 Å².